The molecule has 142 valence electrons. The number of hydrogen-bond acceptors (Lipinski definition) is 4. The molecule has 0 unspecified atom stereocenters. The minimum Gasteiger partial charge on any atom is -0.453 e. The largest absolute Gasteiger partial charge is 0.453 e. The second-order valence-corrected chi connectivity index (χ2v) is 7.20. The summed E-state index contributed by atoms with van der Waals surface area (Å²) < 4.78 is 22.3. The third-order valence-electron chi connectivity index (χ3n) is 3.92. The van der Waals surface area contributed by atoms with E-state index in [1.165, 1.54) is 34.9 Å². The van der Waals surface area contributed by atoms with E-state index in [1.54, 1.807) is 13.0 Å². The average molecular weight is 465 g/mol. The smallest absolute Gasteiger partial charge is 0.328 e. The van der Waals surface area contributed by atoms with Gasteiger partial charge < -0.3 is 4.74 Å². The standard InChI is InChI=1S/C19H12BrClFN3O3/c1-10-4-16(26)24-19(27)25(10)9-12-2-3-15(20)18(17(12)22)28-14-6-11(8-23)5-13(21)7-14/h2-7H,9H2,1H3,(H,24,26,27). The van der Waals surface area contributed by atoms with E-state index < -0.39 is 17.1 Å². The Morgan fingerprint density at radius 1 is 1.29 bits per heavy atom. The van der Waals surface area contributed by atoms with E-state index in [-0.39, 0.29) is 34.2 Å². The summed E-state index contributed by atoms with van der Waals surface area (Å²) in [5, 5.41) is 9.31. The van der Waals surface area contributed by atoms with Crippen LogP contribution in [0.3, 0.4) is 0 Å². The van der Waals surface area contributed by atoms with E-state index in [9.17, 15) is 9.59 Å². The first-order chi connectivity index (χ1) is 13.3. The zero-order valence-corrected chi connectivity index (χ0v) is 16.8. The lowest BCUT2D eigenvalue weighted by Crippen LogP contribution is -2.31. The Labute approximate surface area is 171 Å². The first-order valence-electron chi connectivity index (χ1n) is 7.94. The van der Waals surface area contributed by atoms with Crippen molar-refractivity contribution in [1.82, 2.24) is 9.55 Å². The van der Waals surface area contributed by atoms with Gasteiger partial charge in [-0.15, -0.1) is 0 Å². The molecule has 0 bridgehead atoms. The number of nitrogens with one attached hydrogen (secondary N) is 1. The number of nitriles is 1. The second-order valence-electron chi connectivity index (χ2n) is 5.91. The highest BCUT2D eigenvalue weighted by molar-refractivity contribution is 9.10. The monoisotopic (exact) mass is 463 g/mol. The van der Waals surface area contributed by atoms with Crippen molar-refractivity contribution >= 4 is 27.5 Å². The van der Waals surface area contributed by atoms with E-state index in [1.807, 2.05) is 6.07 Å². The van der Waals surface area contributed by atoms with E-state index in [4.69, 9.17) is 21.6 Å². The third kappa shape index (κ3) is 4.16. The maximum Gasteiger partial charge on any atom is 0.328 e. The van der Waals surface area contributed by atoms with Gasteiger partial charge in [-0.1, -0.05) is 17.7 Å². The second kappa shape index (κ2) is 8.00. The minimum absolute atomic E-state index is 0.101. The van der Waals surface area contributed by atoms with Gasteiger partial charge >= 0.3 is 5.69 Å². The van der Waals surface area contributed by atoms with Crippen molar-refractivity contribution in [3.63, 3.8) is 0 Å². The van der Waals surface area contributed by atoms with Crippen molar-refractivity contribution < 1.29 is 9.13 Å². The first kappa shape index (κ1) is 19.9. The van der Waals surface area contributed by atoms with E-state index in [0.717, 1.165) is 0 Å². The van der Waals surface area contributed by atoms with Gasteiger partial charge in [0, 0.05) is 22.3 Å². The Balaban J connectivity index is 2.02. The molecule has 3 aromatic rings. The lowest BCUT2D eigenvalue weighted by molar-refractivity contribution is 0.433. The predicted molar refractivity (Wildman–Crippen MR) is 106 cm³/mol. The number of benzene rings is 2. The number of aromatic amines is 1. The number of hydrogen-bond donors (Lipinski definition) is 1. The molecule has 0 spiro atoms. The van der Waals surface area contributed by atoms with Crippen molar-refractivity contribution in [2.24, 2.45) is 0 Å². The molecule has 6 nitrogen and oxygen atoms in total. The molecule has 1 N–H and O–H groups in total. The summed E-state index contributed by atoms with van der Waals surface area (Å²) in [5.41, 5.74) is -0.313. The van der Waals surface area contributed by atoms with Crippen molar-refractivity contribution in [1.29, 1.82) is 5.26 Å². The maximum absolute atomic E-state index is 15.1. The van der Waals surface area contributed by atoms with Gasteiger partial charge in [0.05, 0.1) is 22.7 Å². The molecule has 2 aromatic carbocycles. The van der Waals surface area contributed by atoms with Crippen LogP contribution in [0.4, 0.5) is 4.39 Å². The van der Waals surface area contributed by atoms with Gasteiger partial charge in [0.25, 0.3) is 5.56 Å². The zero-order chi connectivity index (χ0) is 20.4. The number of aromatic nitrogens is 2. The van der Waals surface area contributed by atoms with Gasteiger partial charge in [-0.3, -0.25) is 14.3 Å². The molecule has 0 aliphatic carbocycles. The summed E-state index contributed by atoms with van der Waals surface area (Å²) in [5.74, 6) is -0.609. The van der Waals surface area contributed by atoms with Gasteiger partial charge in [-0.2, -0.15) is 5.26 Å². The molecule has 0 aliphatic heterocycles. The van der Waals surface area contributed by atoms with Crippen LogP contribution in [-0.4, -0.2) is 9.55 Å². The topological polar surface area (TPSA) is 87.9 Å². The molecule has 1 heterocycles. The summed E-state index contributed by atoms with van der Waals surface area (Å²) in [6.07, 6.45) is 0. The summed E-state index contributed by atoms with van der Waals surface area (Å²) in [6.45, 7) is 1.48. The molecule has 0 radical (unpaired) electrons. The van der Waals surface area contributed by atoms with Crippen molar-refractivity contribution in [3.05, 3.63) is 89.4 Å². The number of rotatable bonds is 4. The van der Waals surface area contributed by atoms with Crippen LogP contribution in [0.25, 0.3) is 0 Å². The van der Waals surface area contributed by atoms with Crippen LogP contribution in [-0.2, 0) is 6.54 Å². The highest BCUT2D eigenvalue weighted by Gasteiger charge is 2.17. The molecule has 0 atom stereocenters. The molecule has 3 rings (SSSR count). The molecular formula is C19H12BrClFN3O3. The number of H-pyrrole nitrogens is 1. The number of halogens is 3. The van der Waals surface area contributed by atoms with E-state index in [2.05, 4.69) is 20.9 Å². The first-order valence-corrected chi connectivity index (χ1v) is 9.12. The fourth-order valence-electron chi connectivity index (χ4n) is 2.60. The fraction of sp³-hybridized carbons (Fsp3) is 0.105. The molecule has 1 aromatic heterocycles. The number of aryl methyl sites for hydroxylation is 1. The minimum atomic E-state index is -0.689. The van der Waals surface area contributed by atoms with Crippen molar-refractivity contribution in [3.8, 4) is 17.6 Å². The number of nitrogens with zero attached hydrogens (tertiary/aromatic N) is 2. The molecule has 0 saturated heterocycles. The van der Waals surface area contributed by atoms with E-state index in [0.29, 0.717) is 10.2 Å². The van der Waals surface area contributed by atoms with Crippen LogP contribution in [0, 0.1) is 24.1 Å². The Kier molecular flexibility index (Phi) is 5.68. The van der Waals surface area contributed by atoms with Crippen LogP contribution in [0.5, 0.6) is 11.5 Å². The Hall–Kier alpha value is -2.89. The quantitative estimate of drug-likeness (QED) is 0.629. The van der Waals surface area contributed by atoms with Gasteiger partial charge in [0.2, 0.25) is 0 Å². The summed E-state index contributed by atoms with van der Waals surface area (Å²) in [6, 6.07) is 10.6. The fourth-order valence-corrected chi connectivity index (χ4v) is 3.21. The van der Waals surface area contributed by atoms with Crippen LogP contribution < -0.4 is 16.0 Å². The molecule has 0 aliphatic rings. The lowest BCUT2D eigenvalue weighted by atomic mass is 10.2. The van der Waals surface area contributed by atoms with Crippen molar-refractivity contribution in [2.45, 2.75) is 13.5 Å². The molecular weight excluding hydrogens is 453 g/mol. The lowest BCUT2D eigenvalue weighted by Gasteiger charge is -2.14. The third-order valence-corrected chi connectivity index (χ3v) is 4.76. The summed E-state index contributed by atoms with van der Waals surface area (Å²) in [4.78, 5) is 25.5. The normalized spacial score (nSPS) is 10.5. The van der Waals surface area contributed by atoms with Gasteiger partial charge in [0.1, 0.15) is 5.75 Å². The van der Waals surface area contributed by atoms with Crippen molar-refractivity contribution in [2.75, 3.05) is 0 Å². The Morgan fingerprint density at radius 3 is 2.71 bits per heavy atom. The predicted octanol–water partition coefficient (Wildman–Crippen LogP) is 4.11. The molecule has 9 heteroatoms. The molecule has 0 fully saturated rings. The SMILES string of the molecule is Cc1cc(=O)[nH]c(=O)n1Cc1ccc(Br)c(Oc2cc(Cl)cc(C#N)c2)c1F. The molecule has 0 saturated carbocycles. The zero-order valence-electron chi connectivity index (χ0n) is 14.4. The van der Waals surface area contributed by atoms with Crippen LogP contribution in [0.15, 0.2) is 50.5 Å². The van der Waals surface area contributed by atoms with Crippen LogP contribution >= 0.6 is 27.5 Å². The Bertz CT molecular complexity index is 1230. The highest BCUT2D eigenvalue weighted by Crippen LogP contribution is 2.35. The highest BCUT2D eigenvalue weighted by atomic mass is 79.9. The van der Waals surface area contributed by atoms with Gasteiger partial charge in [-0.05, 0) is 47.1 Å². The average Bonchev–Trinajstić information content (AvgIpc) is 2.62. The van der Waals surface area contributed by atoms with Gasteiger partial charge in [-0.25, -0.2) is 9.18 Å². The van der Waals surface area contributed by atoms with E-state index >= 15 is 4.39 Å². The number of ether oxygens (including phenoxy) is 1. The van der Waals surface area contributed by atoms with Crippen LogP contribution in [0.1, 0.15) is 16.8 Å². The van der Waals surface area contributed by atoms with Crippen LogP contribution in [0.2, 0.25) is 5.02 Å². The molecule has 28 heavy (non-hydrogen) atoms. The molecule has 0 amide bonds. The van der Waals surface area contributed by atoms with Gasteiger partial charge in [0.15, 0.2) is 11.6 Å². The summed E-state index contributed by atoms with van der Waals surface area (Å²) >= 11 is 9.19. The maximum atomic E-state index is 15.1. The Morgan fingerprint density at radius 2 is 2.04 bits per heavy atom. The summed E-state index contributed by atoms with van der Waals surface area (Å²) in [7, 11) is 0.